The Labute approximate surface area is 120 Å². The van der Waals surface area contributed by atoms with Gasteiger partial charge >= 0.3 is 5.97 Å². The summed E-state index contributed by atoms with van der Waals surface area (Å²) in [5.41, 5.74) is 1.51. The Hall–Kier alpha value is -1.36. The predicted octanol–water partition coefficient (Wildman–Crippen LogP) is 2.69. The summed E-state index contributed by atoms with van der Waals surface area (Å²) in [7, 11) is 0. The Kier molecular flexibility index (Phi) is 3.94. The standard InChI is InChI=1S/C14H16BrNO3/c1-8-5-6-16(12(8)14(18)19)13(17)10-3-4-11(15)9(2)7-10/h3-4,7-8,12H,5-6H2,1-2H3,(H,18,19). The predicted molar refractivity (Wildman–Crippen MR) is 75.1 cm³/mol. The maximum Gasteiger partial charge on any atom is 0.326 e. The van der Waals surface area contributed by atoms with Crippen molar-refractivity contribution in [3.05, 3.63) is 33.8 Å². The van der Waals surface area contributed by atoms with Crippen LogP contribution in [0, 0.1) is 12.8 Å². The first kappa shape index (κ1) is 14.1. The summed E-state index contributed by atoms with van der Waals surface area (Å²) >= 11 is 3.39. The van der Waals surface area contributed by atoms with Crippen molar-refractivity contribution in [3.8, 4) is 0 Å². The molecule has 0 spiro atoms. The van der Waals surface area contributed by atoms with Crippen molar-refractivity contribution in [1.82, 2.24) is 4.90 Å². The van der Waals surface area contributed by atoms with Crippen molar-refractivity contribution in [1.29, 1.82) is 0 Å². The van der Waals surface area contributed by atoms with Crippen molar-refractivity contribution >= 4 is 27.8 Å². The van der Waals surface area contributed by atoms with Gasteiger partial charge in [-0.2, -0.15) is 0 Å². The first-order valence-corrected chi connectivity index (χ1v) is 7.01. The van der Waals surface area contributed by atoms with E-state index >= 15 is 0 Å². The number of carboxylic acid groups (broad SMARTS) is 1. The van der Waals surface area contributed by atoms with Crippen LogP contribution in [-0.4, -0.2) is 34.5 Å². The molecule has 5 heteroatoms. The molecule has 0 aromatic heterocycles. The summed E-state index contributed by atoms with van der Waals surface area (Å²) in [5, 5.41) is 9.25. The number of amides is 1. The molecule has 0 aliphatic carbocycles. The fourth-order valence-corrected chi connectivity index (χ4v) is 2.74. The minimum absolute atomic E-state index is 0.00186. The van der Waals surface area contributed by atoms with Crippen LogP contribution in [0.2, 0.25) is 0 Å². The summed E-state index contributed by atoms with van der Waals surface area (Å²) in [6, 6.07) is 4.62. The molecule has 19 heavy (non-hydrogen) atoms. The first-order valence-electron chi connectivity index (χ1n) is 6.21. The molecule has 4 nitrogen and oxygen atoms in total. The van der Waals surface area contributed by atoms with E-state index in [1.807, 2.05) is 19.9 Å². The lowest BCUT2D eigenvalue weighted by Crippen LogP contribution is -2.42. The van der Waals surface area contributed by atoms with Crippen molar-refractivity contribution in [2.45, 2.75) is 26.3 Å². The van der Waals surface area contributed by atoms with Crippen LogP contribution in [0.15, 0.2) is 22.7 Å². The third kappa shape index (κ3) is 2.66. The van der Waals surface area contributed by atoms with Crippen molar-refractivity contribution < 1.29 is 14.7 Å². The highest BCUT2D eigenvalue weighted by Gasteiger charge is 2.39. The molecule has 1 aliphatic rings. The van der Waals surface area contributed by atoms with E-state index in [0.29, 0.717) is 12.1 Å². The zero-order chi connectivity index (χ0) is 14.2. The van der Waals surface area contributed by atoms with E-state index in [0.717, 1.165) is 16.5 Å². The second-order valence-corrected chi connectivity index (χ2v) is 5.87. The van der Waals surface area contributed by atoms with Crippen molar-refractivity contribution in [2.24, 2.45) is 5.92 Å². The number of carbonyl (C=O) groups excluding carboxylic acids is 1. The normalized spacial score (nSPS) is 22.6. The van der Waals surface area contributed by atoms with Gasteiger partial charge in [0.2, 0.25) is 0 Å². The van der Waals surface area contributed by atoms with Gasteiger partial charge in [0, 0.05) is 16.6 Å². The highest BCUT2D eigenvalue weighted by Crippen LogP contribution is 2.27. The number of carboxylic acids is 1. The molecular formula is C14H16BrNO3. The maximum absolute atomic E-state index is 12.4. The van der Waals surface area contributed by atoms with Gasteiger partial charge in [0.05, 0.1) is 0 Å². The number of hydrogen-bond donors (Lipinski definition) is 1. The SMILES string of the molecule is Cc1cc(C(=O)N2CCC(C)C2C(=O)O)ccc1Br. The zero-order valence-corrected chi connectivity index (χ0v) is 12.5. The van der Waals surface area contributed by atoms with Gasteiger partial charge in [-0.1, -0.05) is 22.9 Å². The van der Waals surface area contributed by atoms with E-state index in [1.54, 1.807) is 12.1 Å². The van der Waals surface area contributed by atoms with Crippen molar-refractivity contribution in [2.75, 3.05) is 6.54 Å². The summed E-state index contributed by atoms with van der Waals surface area (Å²) in [4.78, 5) is 25.2. The molecule has 102 valence electrons. The highest BCUT2D eigenvalue weighted by molar-refractivity contribution is 9.10. The molecule has 2 rings (SSSR count). The molecule has 1 aromatic rings. The number of likely N-dealkylation sites (tertiary alicyclic amines) is 1. The van der Waals surface area contributed by atoms with Crippen LogP contribution in [0.1, 0.15) is 29.3 Å². The van der Waals surface area contributed by atoms with E-state index in [2.05, 4.69) is 15.9 Å². The number of aryl methyl sites for hydroxylation is 1. The molecule has 1 heterocycles. The van der Waals surface area contributed by atoms with Gasteiger partial charge < -0.3 is 10.0 Å². The van der Waals surface area contributed by atoms with Gasteiger partial charge in [-0.25, -0.2) is 4.79 Å². The molecule has 0 saturated carbocycles. The number of carbonyl (C=O) groups is 2. The van der Waals surface area contributed by atoms with Crippen LogP contribution in [0.3, 0.4) is 0 Å². The molecule has 1 amide bonds. The number of benzene rings is 1. The first-order chi connectivity index (χ1) is 8.91. The fourth-order valence-electron chi connectivity index (χ4n) is 2.49. The van der Waals surface area contributed by atoms with Gasteiger partial charge in [0.15, 0.2) is 0 Å². The van der Waals surface area contributed by atoms with Gasteiger partial charge in [-0.3, -0.25) is 4.79 Å². The lowest BCUT2D eigenvalue weighted by Gasteiger charge is -2.23. The minimum atomic E-state index is -0.924. The second kappa shape index (κ2) is 5.33. The van der Waals surface area contributed by atoms with Crippen LogP contribution < -0.4 is 0 Å². The molecule has 0 radical (unpaired) electrons. The van der Waals surface area contributed by atoms with Gasteiger partial charge in [-0.05, 0) is 43.0 Å². The summed E-state index contributed by atoms with van der Waals surface area (Å²) < 4.78 is 0.939. The molecule has 1 aliphatic heterocycles. The number of halogens is 1. The molecule has 1 aromatic carbocycles. The van der Waals surface area contributed by atoms with Crippen LogP contribution in [0.25, 0.3) is 0 Å². The van der Waals surface area contributed by atoms with Crippen LogP contribution in [0.5, 0.6) is 0 Å². The van der Waals surface area contributed by atoms with E-state index < -0.39 is 12.0 Å². The lowest BCUT2D eigenvalue weighted by atomic mass is 10.0. The van der Waals surface area contributed by atoms with Gasteiger partial charge in [0.25, 0.3) is 5.91 Å². The Morgan fingerprint density at radius 3 is 2.68 bits per heavy atom. The highest BCUT2D eigenvalue weighted by atomic mass is 79.9. The monoisotopic (exact) mass is 325 g/mol. The number of rotatable bonds is 2. The van der Waals surface area contributed by atoms with Crippen molar-refractivity contribution in [3.63, 3.8) is 0 Å². The van der Waals surface area contributed by atoms with E-state index in [-0.39, 0.29) is 11.8 Å². The number of aliphatic carboxylic acids is 1. The molecule has 0 bridgehead atoms. The van der Waals surface area contributed by atoms with Crippen LogP contribution in [-0.2, 0) is 4.79 Å². The van der Waals surface area contributed by atoms with E-state index in [9.17, 15) is 14.7 Å². The summed E-state index contributed by atoms with van der Waals surface area (Å²) in [6.07, 6.45) is 0.734. The third-order valence-electron chi connectivity index (χ3n) is 3.62. The Balaban J connectivity index is 2.28. The Bertz CT molecular complexity index is 529. The lowest BCUT2D eigenvalue weighted by molar-refractivity contribution is -0.142. The summed E-state index contributed by atoms with van der Waals surface area (Å²) in [5.74, 6) is -1.13. The minimum Gasteiger partial charge on any atom is -0.480 e. The quantitative estimate of drug-likeness (QED) is 0.909. The maximum atomic E-state index is 12.4. The number of nitrogens with zero attached hydrogens (tertiary/aromatic N) is 1. The second-order valence-electron chi connectivity index (χ2n) is 5.01. The van der Waals surface area contributed by atoms with E-state index in [1.165, 1.54) is 4.90 Å². The third-order valence-corrected chi connectivity index (χ3v) is 4.51. The fraction of sp³-hybridized carbons (Fsp3) is 0.429. The molecule has 1 fully saturated rings. The molecule has 1 saturated heterocycles. The smallest absolute Gasteiger partial charge is 0.326 e. The van der Waals surface area contributed by atoms with Gasteiger partial charge in [0.1, 0.15) is 6.04 Å². The average Bonchev–Trinajstić information content (AvgIpc) is 2.74. The van der Waals surface area contributed by atoms with Crippen LogP contribution in [0.4, 0.5) is 0 Å². The van der Waals surface area contributed by atoms with Crippen LogP contribution >= 0.6 is 15.9 Å². The van der Waals surface area contributed by atoms with Gasteiger partial charge in [-0.15, -0.1) is 0 Å². The zero-order valence-electron chi connectivity index (χ0n) is 10.9. The molecule has 2 atom stereocenters. The molecular weight excluding hydrogens is 310 g/mol. The molecule has 2 unspecified atom stereocenters. The largest absolute Gasteiger partial charge is 0.480 e. The van der Waals surface area contributed by atoms with E-state index in [4.69, 9.17) is 0 Å². The topological polar surface area (TPSA) is 57.6 Å². The average molecular weight is 326 g/mol. The molecule has 1 N–H and O–H groups in total. The summed E-state index contributed by atoms with van der Waals surface area (Å²) in [6.45, 7) is 4.28. The Morgan fingerprint density at radius 1 is 1.42 bits per heavy atom. The number of hydrogen-bond acceptors (Lipinski definition) is 2. The Morgan fingerprint density at radius 2 is 2.11 bits per heavy atom.